The Bertz CT molecular complexity index is 654. The van der Waals surface area contributed by atoms with E-state index in [9.17, 15) is 9.50 Å². The summed E-state index contributed by atoms with van der Waals surface area (Å²) < 4.78 is 14.2. The van der Waals surface area contributed by atoms with Crippen LogP contribution in [-0.4, -0.2) is 5.11 Å². The molecule has 1 nitrogen and oxygen atoms in total. The molecule has 0 bridgehead atoms. The van der Waals surface area contributed by atoms with Crippen molar-refractivity contribution in [2.45, 2.75) is 39.3 Å². The predicted octanol–water partition coefficient (Wildman–Crippen LogP) is 4.78. The predicted molar refractivity (Wildman–Crippen MR) is 89.6 cm³/mol. The summed E-state index contributed by atoms with van der Waals surface area (Å²) in [6.45, 7) is 7.96. The Balaban J connectivity index is 2.44. The molecule has 0 aliphatic rings. The molecule has 0 aliphatic heterocycles. The average Bonchev–Trinajstić information content (AvgIpc) is 2.45. The molecule has 0 aromatic heterocycles. The van der Waals surface area contributed by atoms with Gasteiger partial charge < -0.3 is 5.11 Å². The van der Waals surface area contributed by atoms with E-state index in [4.69, 9.17) is 0 Å². The van der Waals surface area contributed by atoms with E-state index >= 15 is 0 Å². The third kappa shape index (κ3) is 3.27. The largest absolute Gasteiger partial charge is 0.507 e. The van der Waals surface area contributed by atoms with Crippen molar-refractivity contribution >= 4 is 13.9 Å². The van der Waals surface area contributed by atoms with E-state index in [0.717, 1.165) is 28.4 Å². The van der Waals surface area contributed by atoms with Gasteiger partial charge in [-0.2, -0.15) is 0 Å². The number of aryl methyl sites for hydroxylation is 2. The number of para-hydroxylation sites is 1. The summed E-state index contributed by atoms with van der Waals surface area (Å²) in [7, 11) is 0.279. The van der Waals surface area contributed by atoms with Gasteiger partial charge in [-0.25, -0.2) is 4.39 Å². The second-order valence-electron chi connectivity index (χ2n) is 5.77. The number of phenolic OH excluding ortho intramolecular Hbond substituents is 1. The zero-order valence-electron chi connectivity index (χ0n) is 13.0. The summed E-state index contributed by atoms with van der Waals surface area (Å²) in [5.74, 6) is 0.182. The van der Waals surface area contributed by atoms with Crippen LogP contribution in [0.1, 0.15) is 37.0 Å². The molecule has 0 saturated carbocycles. The van der Waals surface area contributed by atoms with Gasteiger partial charge in [-0.05, 0) is 37.5 Å². The second-order valence-corrected chi connectivity index (χ2v) is 7.66. The molecule has 2 aromatic rings. The Kier molecular flexibility index (Phi) is 4.68. The molecule has 0 fully saturated rings. The van der Waals surface area contributed by atoms with Crippen LogP contribution in [0.3, 0.4) is 0 Å². The maximum Gasteiger partial charge on any atom is 0.130 e. The van der Waals surface area contributed by atoms with Crippen LogP contribution in [0, 0.1) is 19.7 Å². The summed E-state index contributed by atoms with van der Waals surface area (Å²) in [6.07, 6.45) is 0.843. The summed E-state index contributed by atoms with van der Waals surface area (Å²) >= 11 is 0. The molecule has 2 rings (SSSR count). The van der Waals surface area contributed by atoms with Gasteiger partial charge in [0, 0.05) is 16.0 Å². The molecule has 3 heteroatoms. The summed E-state index contributed by atoms with van der Waals surface area (Å²) in [6, 6.07) is 11.2. The minimum Gasteiger partial charge on any atom is -0.507 e. The third-order valence-corrected chi connectivity index (χ3v) is 5.92. The van der Waals surface area contributed by atoms with E-state index in [2.05, 4.69) is 13.8 Å². The first kappa shape index (κ1) is 16.0. The highest BCUT2D eigenvalue weighted by Gasteiger charge is 2.29. The number of hydrogen-bond acceptors (Lipinski definition) is 1. The molecule has 0 heterocycles. The third-order valence-electron chi connectivity index (χ3n) is 4.07. The lowest BCUT2D eigenvalue weighted by Crippen LogP contribution is -2.20. The maximum atomic E-state index is 14.2. The molecule has 0 radical (unpaired) electrons. The van der Waals surface area contributed by atoms with Gasteiger partial charge in [0.2, 0.25) is 0 Å². The van der Waals surface area contributed by atoms with Crippen molar-refractivity contribution in [2.75, 3.05) is 0 Å². The Hall–Kier alpha value is -1.40. The number of hydrogen-bond donors (Lipinski definition) is 1. The van der Waals surface area contributed by atoms with Gasteiger partial charge in [-0.15, -0.1) is 0 Å². The van der Waals surface area contributed by atoms with Crippen LogP contribution >= 0.6 is 8.58 Å². The highest BCUT2D eigenvalue weighted by atomic mass is 31.1. The van der Waals surface area contributed by atoms with E-state index in [0.29, 0.717) is 5.75 Å². The highest BCUT2D eigenvalue weighted by Crippen LogP contribution is 2.47. The van der Waals surface area contributed by atoms with Crippen LogP contribution in [-0.2, 0) is 5.16 Å². The van der Waals surface area contributed by atoms with Crippen molar-refractivity contribution in [1.29, 1.82) is 0 Å². The number of rotatable bonds is 4. The standard InChI is InChI=1S/C18H22FOP/c1-5-18(4,14-8-6-7-13(3)17(14)20)21-16-10-9-12(2)11-15(16)19/h6-11,20-21H,5H2,1-4H3. The Morgan fingerprint density at radius 3 is 2.52 bits per heavy atom. The summed E-state index contributed by atoms with van der Waals surface area (Å²) in [5.41, 5.74) is 2.70. The second kappa shape index (κ2) is 6.15. The fourth-order valence-electron chi connectivity index (χ4n) is 2.47. The average molecular weight is 304 g/mol. The van der Waals surface area contributed by atoms with E-state index in [1.165, 1.54) is 0 Å². The maximum absolute atomic E-state index is 14.2. The number of halogens is 1. The minimum atomic E-state index is -0.258. The lowest BCUT2D eigenvalue weighted by Gasteiger charge is -2.30. The Morgan fingerprint density at radius 1 is 1.19 bits per heavy atom. The van der Waals surface area contributed by atoms with Gasteiger partial charge in [0.05, 0.1) is 0 Å². The van der Waals surface area contributed by atoms with Crippen LogP contribution in [0.15, 0.2) is 36.4 Å². The fraction of sp³-hybridized carbons (Fsp3) is 0.333. The summed E-state index contributed by atoms with van der Waals surface area (Å²) in [5, 5.41) is 10.8. The van der Waals surface area contributed by atoms with Crippen molar-refractivity contribution < 1.29 is 9.50 Å². The lowest BCUT2D eigenvalue weighted by molar-refractivity contribution is 0.452. The van der Waals surface area contributed by atoms with Gasteiger partial charge in [0.25, 0.3) is 0 Å². The first-order valence-corrected chi connectivity index (χ1v) is 8.21. The van der Waals surface area contributed by atoms with E-state index < -0.39 is 0 Å². The minimum absolute atomic E-state index is 0.153. The number of phenols is 1. The molecule has 2 aromatic carbocycles. The molecule has 0 amide bonds. The normalized spacial score (nSPS) is 14.5. The number of aromatic hydroxyl groups is 1. The lowest BCUT2D eigenvalue weighted by atomic mass is 9.94. The molecule has 0 aliphatic carbocycles. The van der Waals surface area contributed by atoms with Gasteiger partial charge in [0.1, 0.15) is 11.6 Å². The Morgan fingerprint density at radius 2 is 1.90 bits per heavy atom. The van der Waals surface area contributed by atoms with Gasteiger partial charge >= 0.3 is 0 Å². The molecule has 21 heavy (non-hydrogen) atoms. The van der Waals surface area contributed by atoms with Crippen LogP contribution < -0.4 is 5.30 Å². The molecular weight excluding hydrogens is 282 g/mol. The van der Waals surface area contributed by atoms with Crippen LogP contribution in [0.25, 0.3) is 0 Å². The van der Waals surface area contributed by atoms with Crippen molar-refractivity contribution in [3.05, 3.63) is 58.9 Å². The zero-order chi connectivity index (χ0) is 15.6. The topological polar surface area (TPSA) is 20.2 Å². The monoisotopic (exact) mass is 304 g/mol. The smallest absolute Gasteiger partial charge is 0.130 e. The molecule has 1 N–H and O–H groups in total. The number of benzene rings is 2. The molecule has 2 atom stereocenters. The van der Waals surface area contributed by atoms with Gasteiger partial charge in [-0.3, -0.25) is 0 Å². The fourth-order valence-corrected chi connectivity index (χ4v) is 3.94. The van der Waals surface area contributed by atoms with Crippen LogP contribution in [0.2, 0.25) is 0 Å². The molecule has 0 spiro atoms. The molecule has 112 valence electrons. The van der Waals surface area contributed by atoms with E-state index in [1.807, 2.05) is 44.2 Å². The SMILES string of the molecule is CCC(C)(Pc1ccc(C)cc1F)c1cccc(C)c1O. The van der Waals surface area contributed by atoms with Crippen molar-refractivity contribution in [1.82, 2.24) is 0 Å². The molecular formula is C18H22FOP. The highest BCUT2D eigenvalue weighted by molar-refractivity contribution is 7.48. The van der Waals surface area contributed by atoms with Crippen molar-refractivity contribution in [2.24, 2.45) is 0 Å². The first-order chi connectivity index (χ1) is 9.87. The molecule has 0 saturated heterocycles. The van der Waals surface area contributed by atoms with Crippen LogP contribution in [0.5, 0.6) is 5.75 Å². The molecule has 2 unspecified atom stereocenters. The quantitative estimate of drug-likeness (QED) is 0.806. The van der Waals surface area contributed by atoms with Crippen LogP contribution in [0.4, 0.5) is 4.39 Å². The van der Waals surface area contributed by atoms with E-state index in [-0.39, 0.29) is 19.6 Å². The summed E-state index contributed by atoms with van der Waals surface area (Å²) in [4.78, 5) is 0. The van der Waals surface area contributed by atoms with Gasteiger partial charge in [-0.1, -0.05) is 52.8 Å². The Labute approximate surface area is 128 Å². The zero-order valence-corrected chi connectivity index (χ0v) is 14.0. The van der Waals surface area contributed by atoms with Crippen molar-refractivity contribution in [3.63, 3.8) is 0 Å². The van der Waals surface area contributed by atoms with Crippen molar-refractivity contribution in [3.8, 4) is 5.75 Å². The van der Waals surface area contributed by atoms with E-state index in [1.54, 1.807) is 6.07 Å². The first-order valence-electron chi connectivity index (χ1n) is 7.21. The van der Waals surface area contributed by atoms with Gasteiger partial charge in [0.15, 0.2) is 0 Å².